The van der Waals surface area contributed by atoms with Crippen molar-refractivity contribution in [2.24, 2.45) is 0 Å². The number of carbonyl (C=O) groups excluding carboxylic acids is 1. The van der Waals surface area contributed by atoms with Crippen molar-refractivity contribution in [2.75, 3.05) is 31.6 Å². The van der Waals surface area contributed by atoms with Gasteiger partial charge in [-0.2, -0.15) is 8.78 Å². The Morgan fingerprint density at radius 2 is 1.88 bits per heavy atom. The number of aromatic nitrogens is 2. The molecule has 0 radical (unpaired) electrons. The summed E-state index contributed by atoms with van der Waals surface area (Å²) in [5.74, 6) is -6.10. The maximum absolute atomic E-state index is 14.1. The molecule has 34 heavy (non-hydrogen) atoms. The Morgan fingerprint density at radius 1 is 1.18 bits per heavy atom. The second-order valence-corrected chi connectivity index (χ2v) is 8.67. The number of nitrogens with one attached hydrogen (secondary N) is 1. The van der Waals surface area contributed by atoms with Crippen molar-refractivity contribution < 1.29 is 28.2 Å². The number of ether oxygens (including phenoxy) is 1. The van der Waals surface area contributed by atoms with Crippen molar-refractivity contribution in [3.05, 3.63) is 50.9 Å². The Morgan fingerprint density at radius 3 is 2.56 bits per heavy atom. The number of morpholine rings is 1. The molecule has 4 rings (SSSR count). The molecule has 1 aromatic heterocycles. The van der Waals surface area contributed by atoms with E-state index < -0.39 is 23.5 Å². The number of hydrogen-bond acceptors (Lipinski definition) is 6. The minimum absolute atomic E-state index is 0.0358. The molecule has 1 unspecified atom stereocenters. The van der Waals surface area contributed by atoms with E-state index in [1.54, 1.807) is 16.7 Å². The van der Waals surface area contributed by atoms with Crippen LogP contribution in [0.3, 0.4) is 0 Å². The fourth-order valence-corrected chi connectivity index (χ4v) is 4.55. The van der Waals surface area contributed by atoms with Crippen LogP contribution in [0, 0.1) is 0 Å². The summed E-state index contributed by atoms with van der Waals surface area (Å²) in [4.78, 5) is 35.7. The Labute approximate surface area is 203 Å². The molecule has 0 aliphatic carbocycles. The smallest absolute Gasteiger partial charge is 0.379 e. The van der Waals surface area contributed by atoms with Gasteiger partial charge in [-0.25, -0.2) is 19.6 Å². The largest absolute Gasteiger partial charge is 0.477 e. The number of urea groups is 1. The molecule has 2 aliphatic heterocycles. The number of nitrogens with zero attached hydrogens (tertiary/aromatic N) is 4. The molecule has 1 atom stereocenters. The second-order valence-electron chi connectivity index (χ2n) is 7.96. The number of aliphatic carboxylic acids is 1. The molecule has 0 saturated carbocycles. The number of alkyl halides is 2. The number of rotatable bonds is 5. The normalized spacial score (nSPS) is 16.9. The number of carboxylic acids is 1. The Hall–Kier alpha value is -2.76. The summed E-state index contributed by atoms with van der Waals surface area (Å²) in [5.41, 5.74) is 0.679. The molecular formula is C21H21Cl2F2N5O4. The third-order valence-corrected chi connectivity index (χ3v) is 6.35. The maximum Gasteiger partial charge on any atom is 0.379 e. The number of halogens is 4. The zero-order valence-electron chi connectivity index (χ0n) is 18.0. The number of benzene rings is 1. The average molecular weight is 516 g/mol. The lowest BCUT2D eigenvalue weighted by Gasteiger charge is -2.30. The van der Waals surface area contributed by atoms with Crippen LogP contribution in [0.5, 0.6) is 0 Å². The van der Waals surface area contributed by atoms with Crippen molar-refractivity contribution in [3.63, 3.8) is 0 Å². The molecule has 2 amide bonds. The predicted molar refractivity (Wildman–Crippen MR) is 119 cm³/mol. The van der Waals surface area contributed by atoms with Crippen LogP contribution >= 0.6 is 23.2 Å². The number of hydrogen-bond donors (Lipinski definition) is 2. The number of carboxylic acid groups (broad SMARTS) is 1. The third-order valence-electron chi connectivity index (χ3n) is 5.76. The standard InChI is InChI=1S/C21H21Cl2F2N5O4/c1-11(12-3-2-4-14(16(12)22)21(24,25)18(31)32)26-17-13-9-30(10-15(13)27-19(23)28-17)20(33)29-5-7-34-8-6-29/h2-4,11H,5-10H2,1H3,(H,31,32)(H,26,27,28). The first kappa shape index (κ1) is 24.4. The van der Waals surface area contributed by atoms with Crippen molar-refractivity contribution in [1.82, 2.24) is 19.8 Å². The van der Waals surface area contributed by atoms with Crippen LogP contribution in [0.15, 0.2) is 18.2 Å². The van der Waals surface area contributed by atoms with Crippen molar-refractivity contribution in [3.8, 4) is 0 Å². The lowest BCUT2D eigenvalue weighted by molar-refractivity contribution is -0.166. The SMILES string of the molecule is CC(Nc1nc(Cl)nc2c1CN(C(=O)N1CCOCC1)C2)c1cccc(C(F)(F)C(=O)O)c1Cl. The number of fused-ring (bicyclic) bond motifs is 1. The van der Waals surface area contributed by atoms with Gasteiger partial charge >= 0.3 is 17.9 Å². The topological polar surface area (TPSA) is 108 Å². The third kappa shape index (κ3) is 4.59. The molecule has 2 aromatic rings. The Bertz CT molecular complexity index is 1130. The Balaban J connectivity index is 1.58. The molecule has 9 nitrogen and oxygen atoms in total. The number of amides is 2. The van der Waals surface area contributed by atoms with Gasteiger partial charge in [-0.15, -0.1) is 0 Å². The summed E-state index contributed by atoms with van der Waals surface area (Å²) in [5, 5.41) is 11.6. The molecule has 1 aromatic carbocycles. The van der Waals surface area contributed by atoms with Gasteiger partial charge in [0.15, 0.2) is 0 Å². The van der Waals surface area contributed by atoms with Crippen LogP contribution < -0.4 is 5.32 Å². The minimum atomic E-state index is -4.15. The lowest BCUT2D eigenvalue weighted by atomic mass is 10.0. The van der Waals surface area contributed by atoms with E-state index in [-0.39, 0.29) is 35.0 Å². The summed E-state index contributed by atoms with van der Waals surface area (Å²) in [6, 6.07) is 3.00. The molecular weight excluding hydrogens is 495 g/mol. The van der Waals surface area contributed by atoms with Crippen LogP contribution in [-0.2, 0) is 28.5 Å². The number of carbonyl (C=O) groups is 2. The second kappa shape index (κ2) is 9.47. The van der Waals surface area contributed by atoms with Gasteiger partial charge in [-0.3, -0.25) is 0 Å². The first-order chi connectivity index (χ1) is 16.1. The van der Waals surface area contributed by atoms with Gasteiger partial charge in [-0.05, 0) is 24.1 Å². The Kier molecular flexibility index (Phi) is 6.79. The van der Waals surface area contributed by atoms with Crippen molar-refractivity contribution >= 4 is 41.0 Å². The molecule has 3 heterocycles. The van der Waals surface area contributed by atoms with Crippen molar-refractivity contribution in [2.45, 2.75) is 32.0 Å². The zero-order chi connectivity index (χ0) is 24.6. The first-order valence-corrected chi connectivity index (χ1v) is 11.2. The quantitative estimate of drug-likeness (QED) is 0.581. The summed E-state index contributed by atoms with van der Waals surface area (Å²) in [7, 11) is 0. The van der Waals surface area contributed by atoms with E-state index in [9.17, 15) is 18.4 Å². The zero-order valence-corrected chi connectivity index (χ0v) is 19.5. The van der Waals surface area contributed by atoms with Crippen LogP contribution in [0.1, 0.15) is 35.3 Å². The molecule has 2 N–H and O–H groups in total. The molecule has 0 spiro atoms. The molecule has 13 heteroatoms. The van der Waals surface area contributed by atoms with Gasteiger partial charge in [0.2, 0.25) is 5.28 Å². The van der Waals surface area contributed by atoms with Gasteiger partial charge in [0, 0.05) is 18.7 Å². The van der Waals surface area contributed by atoms with E-state index in [0.29, 0.717) is 43.4 Å². The number of anilines is 1. The summed E-state index contributed by atoms with van der Waals surface area (Å²) in [6.07, 6.45) is 0. The van der Waals surface area contributed by atoms with E-state index >= 15 is 0 Å². The van der Waals surface area contributed by atoms with Crippen LogP contribution in [0.25, 0.3) is 0 Å². The van der Waals surface area contributed by atoms with E-state index in [1.807, 2.05) is 0 Å². The van der Waals surface area contributed by atoms with E-state index in [0.717, 1.165) is 6.07 Å². The first-order valence-electron chi connectivity index (χ1n) is 10.4. The van der Waals surface area contributed by atoms with Crippen LogP contribution in [-0.4, -0.2) is 63.2 Å². The fourth-order valence-electron chi connectivity index (χ4n) is 3.96. The highest BCUT2D eigenvalue weighted by atomic mass is 35.5. The molecule has 2 aliphatic rings. The van der Waals surface area contributed by atoms with Gasteiger partial charge < -0.3 is 25.0 Å². The highest BCUT2D eigenvalue weighted by molar-refractivity contribution is 6.32. The van der Waals surface area contributed by atoms with Gasteiger partial charge in [0.1, 0.15) is 5.82 Å². The van der Waals surface area contributed by atoms with E-state index in [2.05, 4.69) is 15.3 Å². The average Bonchev–Trinajstić information content (AvgIpc) is 3.23. The maximum atomic E-state index is 14.1. The van der Waals surface area contributed by atoms with Crippen LogP contribution in [0.2, 0.25) is 10.3 Å². The summed E-state index contributed by atoms with van der Waals surface area (Å²) >= 11 is 12.3. The molecule has 0 bridgehead atoms. The lowest BCUT2D eigenvalue weighted by Crippen LogP contribution is -2.46. The molecule has 182 valence electrons. The monoisotopic (exact) mass is 515 g/mol. The summed E-state index contributed by atoms with van der Waals surface area (Å²) in [6.45, 7) is 4.09. The summed E-state index contributed by atoms with van der Waals surface area (Å²) < 4.78 is 33.5. The predicted octanol–water partition coefficient (Wildman–Crippen LogP) is 3.90. The van der Waals surface area contributed by atoms with Gasteiger partial charge in [-0.1, -0.05) is 29.8 Å². The molecule has 1 fully saturated rings. The van der Waals surface area contributed by atoms with E-state index in [1.165, 1.54) is 12.1 Å². The highest BCUT2D eigenvalue weighted by Gasteiger charge is 2.43. The highest BCUT2D eigenvalue weighted by Crippen LogP contribution is 2.39. The van der Waals surface area contributed by atoms with Crippen LogP contribution in [0.4, 0.5) is 19.4 Å². The van der Waals surface area contributed by atoms with E-state index in [4.69, 9.17) is 33.0 Å². The van der Waals surface area contributed by atoms with Crippen molar-refractivity contribution in [1.29, 1.82) is 0 Å². The van der Waals surface area contributed by atoms with Gasteiger partial charge in [0.25, 0.3) is 0 Å². The molecule has 1 saturated heterocycles. The minimum Gasteiger partial charge on any atom is -0.477 e. The van der Waals surface area contributed by atoms with Gasteiger partial charge in [0.05, 0.1) is 48.6 Å². The fraction of sp³-hybridized carbons (Fsp3) is 0.429.